The first-order chi connectivity index (χ1) is 18.5. The van der Waals surface area contributed by atoms with E-state index in [2.05, 4.69) is 27.1 Å². The second-order valence-electron chi connectivity index (χ2n) is 7.09. The summed E-state index contributed by atoms with van der Waals surface area (Å²) in [5.41, 5.74) is -1.54. The van der Waals surface area contributed by atoms with E-state index in [1.807, 2.05) is 0 Å². The average molecular weight is 730 g/mol. The van der Waals surface area contributed by atoms with Crippen LogP contribution in [0.2, 0.25) is 0 Å². The zero-order chi connectivity index (χ0) is 32.7. The van der Waals surface area contributed by atoms with Crippen molar-refractivity contribution in [1.29, 1.82) is 0 Å². The summed E-state index contributed by atoms with van der Waals surface area (Å²) in [6, 6.07) is 1.49. The molecule has 42 heavy (non-hydrogen) atoms. The largest absolute Gasteiger partial charge is 0.525 e. The van der Waals surface area contributed by atoms with Gasteiger partial charge in [0.2, 0.25) is 11.5 Å². The van der Waals surface area contributed by atoms with Crippen molar-refractivity contribution in [2.75, 3.05) is 0 Å². The molecule has 2 aromatic rings. The monoisotopic (exact) mass is 730 g/mol. The molecular formula is C12H16O24P6. The molecule has 0 aliphatic rings. The molecule has 0 heterocycles. The molecule has 0 amide bonds. The van der Waals surface area contributed by atoms with Crippen LogP contribution in [0.5, 0.6) is 34.5 Å². The summed E-state index contributed by atoms with van der Waals surface area (Å²) in [7, 11) is -34.3. The highest BCUT2D eigenvalue weighted by Crippen LogP contribution is 2.58. The molecule has 0 aliphatic heterocycles. The molecule has 0 radical (unpaired) electrons. The molecule has 30 heteroatoms. The van der Waals surface area contributed by atoms with E-state index in [4.69, 9.17) is 19.6 Å². The molecule has 2 aromatic carbocycles. The second kappa shape index (κ2) is 12.3. The number of rotatable bonds is 13. The standard InChI is InChI=1S/C12H16O24P6/c13-37(14,15)31-7-1-5(2-8(32-38(16,17)18)11(7)35-41(25,26)27)6-3-9(33-39(19,20)21)12(36-42(28,29)30)10(4-6)34-40(22,23)24/h1-4H,(H2,13,14,15)(H2,16,17,18)(H2,19,20,21)(H2,22,23,24)(H2,25,26,27)(H2,28,29,30). The molecule has 238 valence electrons. The average Bonchev–Trinajstić information content (AvgIpc) is 2.66. The van der Waals surface area contributed by atoms with Gasteiger partial charge in [-0.25, -0.2) is 27.4 Å². The van der Waals surface area contributed by atoms with E-state index in [0.29, 0.717) is 24.3 Å². The Morgan fingerprint density at radius 2 is 0.500 bits per heavy atom. The van der Waals surface area contributed by atoms with Crippen LogP contribution in [0.15, 0.2) is 24.3 Å². The van der Waals surface area contributed by atoms with E-state index in [1.165, 1.54) is 0 Å². The van der Waals surface area contributed by atoms with Gasteiger partial charge in [0.25, 0.3) is 0 Å². The molecule has 0 unspecified atom stereocenters. The van der Waals surface area contributed by atoms with E-state index in [0.717, 1.165) is 0 Å². The minimum Gasteiger partial charge on any atom is -0.400 e. The predicted octanol–water partition coefficient (Wildman–Crippen LogP) is 0.183. The molecule has 0 spiro atoms. The number of benzene rings is 2. The van der Waals surface area contributed by atoms with E-state index in [-0.39, 0.29) is 0 Å². The minimum atomic E-state index is -5.72. The Balaban J connectivity index is 3.07. The maximum Gasteiger partial charge on any atom is 0.525 e. The number of phosphoric ester groups is 6. The minimum absolute atomic E-state index is 0.373. The van der Waals surface area contributed by atoms with Gasteiger partial charge >= 0.3 is 46.9 Å². The maximum atomic E-state index is 11.5. The fraction of sp³-hybridized carbons (Fsp3) is 0. The van der Waals surface area contributed by atoms with Gasteiger partial charge < -0.3 is 27.1 Å². The lowest BCUT2D eigenvalue weighted by Gasteiger charge is -2.21. The maximum absolute atomic E-state index is 11.5. The van der Waals surface area contributed by atoms with E-state index in [1.54, 1.807) is 0 Å². The lowest BCUT2D eigenvalue weighted by Crippen LogP contribution is -2.02. The molecule has 0 aliphatic carbocycles. The van der Waals surface area contributed by atoms with Gasteiger partial charge in [0.15, 0.2) is 23.0 Å². The number of hydrogen-bond donors (Lipinski definition) is 12. The first kappa shape index (κ1) is 36.3. The third-order valence-corrected chi connectivity index (χ3v) is 6.24. The Hall–Kier alpha value is -1.86. The van der Waals surface area contributed by atoms with Crippen LogP contribution in [-0.2, 0) is 27.4 Å². The molecule has 0 fully saturated rings. The summed E-state index contributed by atoms with van der Waals surface area (Å²) in [6.45, 7) is 0. The highest BCUT2D eigenvalue weighted by atomic mass is 31.2. The molecule has 0 atom stereocenters. The van der Waals surface area contributed by atoms with Crippen molar-refractivity contribution in [3.63, 3.8) is 0 Å². The number of phosphoric acid groups is 6. The quantitative estimate of drug-likeness (QED) is 0.122. The smallest absolute Gasteiger partial charge is 0.400 e. The molecule has 0 saturated heterocycles. The van der Waals surface area contributed by atoms with Crippen LogP contribution in [0.25, 0.3) is 11.1 Å². The summed E-state index contributed by atoms with van der Waals surface area (Å²) in [6.07, 6.45) is 0. The van der Waals surface area contributed by atoms with Crippen LogP contribution in [-0.4, -0.2) is 58.7 Å². The molecule has 0 aromatic heterocycles. The SMILES string of the molecule is O=P(O)(O)Oc1cc(-c2cc(OP(=O)(O)O)c(OP(=O)(O)O)c(OP(=O)(O)O)c2)cc(OP(=O)(O)O)c1OP(=O)(O)O. The van der Waals surface area contributed by atoms with Gasteiger partial charge in [-0.3, -0.25) is 58.7 Å². The lowest BCUT2D eigenvalue weighted by molar-refractivity contribution is 0.253. The summed E-state index contributed by atoms with van der Waals surface area (Å²) < 4.78 is 94.0. The molecular weight excluding hydrogens is 714 g/mol. The van der Waals surface area contributed by atoms with Crippen molar-refractivity contribution in [3.05, 3.63) is 24.3 Å². The van der Waals surface area contributed by atoms with Crippen molar-refractivity contribution in [2.24, 2.45) is 0 Å². The van der Waals surface area contributed by atoms with Crippen molar-refractivity contribution in [1.82, 2.24) is 0 Å². The van der Waals surface area contributed by atoms with Gasteiger partial charge in [-0.15, -0.1) is 0 Å². The van der Waals surface area contributed by atoms with Gasteiger partial charge in [0.05, 0.1) is 0 Å². The Bertz CT molecular complexity index is 1420. The van der Waals surface area contributed by atoms with Crippen LogP contribution >= 0.6 is 46.9 Å². The summed E-state index contributed by atoms with van der Waals surface area (Å²) in [5.74, 6) is -8.79. The zero-order valence-electron chi connectivity index (χ0n) is 19.3. The lowest BCUT2D eigenvalue weighted by atomic mass is 10.0. The Labute approximate surface area is 230 Å². The zero-order valence-corrected chi connectivity index (χ0v) is 24.6. The van der Waals surface area contributed by atoms with Crippen LogP contribution in [0.3, 0.4) is 0 Å². The Morgan fingerprint density at radius 1 is 0.333 bits per heavy atom. The highest BCUT2D eigenvalue weighted by molar-refractivity contribution is 7.48. The van der Waals surface area contributed by atoms with Crippen molar-refractivity contribution in [3.8, 4) is 45.6 Å². The first-order valence-corrected chi connectivity index (χ1v) is 18.6. The predicted molar refractivity (Wildman–Crippen MR) is 128 cm³/mol. The summed E-state index contributed by atoms with van der Waals surface area (Å²) >= 11 is 0. The van der Waals surface area contributed by atoms with Crippen LogP contribution in [0.1, 0.15) is 0 Å². The van der Waals surface area contributed by atoms with Crippen molar-refractivity contribution in [2.45, 2.75) is 0 Å². The van der Waals surface area contributed by atoms with Gasteiger partial charge in [0, 0.05) is 0 Å². The van der Waals surface area contributed by atoms with E-state index >= 15 is 0 Å². The fourth-order valence-electron chi connectivity index (χ4n) is 2.69. The van der Waals surface area contributed by atoms with Crippen molar-refractivity contribution >= 4 is 46.9 Å². The normalized spacial score (nSPS) is 13.3. The molecule has 0 saturated carbocycles. The first-order valence-electron chi connectivity index (χ1n) is 9.38. The van der Waals surface area contributed by atoms with Gasteiger partial charge in [0.1, 0.15) is 0 Å². The third kappa shape index (κ3) is 12.8. The third-order valence-electron chi connectivity index (χ3n) is 3.66. The summed E-state index contributed by atoms with van der Waals surface area (Å²) in [5, 5.41) is 0. The highest BCUT2D eigenvalue weighted by Gasteiger charge is 2.34. The molecule has 0 bridgehead atoms. The number of hydrogen-bond acceptors (Lipinski definition) is 12. The van der Waals surface area contributed by atoms with Crippen LogP contribution < -0.4 is 27.1 Å². The molecule has 2 rings (SSSR count). The van der Waals surface area contributed by atoms with Crippen molar-refractivity contribution < 1.29 is 113 Å². The van der Waals surface area contributed by atoms with E-state index in [9.17, 15) is 66.5 Å². The van der Waals surface area contributed by atoms with Gasteiger partial charge in [-0.05, 0) is 35.4 Å². The van der Waals surface area contributed by atoms with Gasteiger partial charge in [-0.1, -0.05) is 0 Å². The van der Waals surface area contributed by atoms with E-state index < -0.39 is 92.6 Å². The van der Waals surface area contributed by atoms with Gasteiger partial charge in [-0.2, -0.15) is 0 Å². The Kier molecular flexibility index (Phi) is 10.6. The Morgan fingerprint density at radius 3 is 0.643 bits per heavy atom. The fourth-order valence-corrected chi connectivity index (χ4v) is 5.09. The summed E-state index contributed by atoms with van der Waals surface area (Å²) in [4.78, 5) is 110. The van der Waals surface area contributed by atoms with Crippen LogP contribution in [0, 0.1) is 0 Å². The molecule has 24 nitrogen and oxygen atoms in total. The van der Waals surface area contributed by atoms with Crippen LogP contribution in [0.4, 0.5) is 0 Å². The second-order valence-corrected chi connectivity index (χ2v) is 14.1. The topological polar surface area (TPSA) is 401 Å². The molecule has 12 N–H and O–H groups in total.